The molecule has 1 aromatic heterocycles. The topological polar surface area (TPSA) is 77.3 Å². The number of anilines is 1. The van der Waals surface area contributed by atoms with E-state index in [1.807, 2.05) is 0 Å². The van der Waals surface area contributed by atoms with Crippen molar-refractivity contribution in [1.29, 1.82) is 0 Å². The van der Waals surface area contributed by atoms with E-state index in [1.54, 1.807) is 37.6 Å². The molecule has 0 aliphatic heterocycles. The van der Waals surface area contributed by atoms with Gasteiger partial charge in [-0.05, 0) is 30.7 Å². The predicted octanol–water partition coefficient (Wildman–Crippen LogP) is 5.70. The van der Waals surface area contributed by atoms with E-state index >= 15 is 0 Å². The minimum Gasteiger partial charge on any atom is -0.497 e. The Hall–Kier alpha value is -2.34. The van der Waals surface area contributed by atoms with Crippen LogP contribution in [-0.2, 0) is 0 Å². The molecule has 0 fully saturated rings. The summed E-state index contributed by atoms with van der Waals surface area (Å²) in [6.45, 7) is 2.82. The molecule has 0 radical (unpaired) electrons. The average Bonchev–Trinajstić information content (AvgIpc) is 2.64. The Labute approximate surface area is 158 Å². The molecule has 0 spiro atoms. The van der Waals surface area contributed by atoms with Crippen molar-refractivity contribution in [3.63, 3.8) is 0 Å². The number of unbranched alkanes of at least 4 members (excludes halogenated alkanes) is 4. The molecule has 26 heavy (non-hydrogen) atoms. The zero-order valence-electron chi connectivity index (χ0n) is 15.1. The molecule has 1 aromatic carbocycles. The monoisotopic (exact) mass is 377 g/mol. The molecule has 0 amide bonds. The number of benzene rings is 1. The van der Waals surface area contributed by atoms with Gasteiger partial charge in [-0.2, -0.15) is 0 Å². The average molecular weight is 378 g/mol. The van der Waals surface area contributed by atoms with Crippen molar-refractivity contribution in [2.24, 2.45) is 0 Å². The fourth-order valence-electron chi connectivity index (χ4n) is 2.76. The van der Waals surface area contributed by atoms with Crippen LogP contribution in [0.2, 0.25) is 5.02 Å². The summed E-state index contributed by atoms with van der Waals surface area (Å²) in [6.07, 6.45) is 7.18. The number of ether oxygens (including phenoxy) is 1. The molecule has 0 bridgehead atoms. The molecule has 2 rings (SSSR count). The van der Waals surface area contributed by atoms with Gasteiger partial charge >= 0.3 is 5.69 Å². The number of aromatic nitrogens is 1. The molecular formula is C19H24ClN3O3. The molecule has 1 N–H and O–H groups in total. The van der Waals surface area contributed by atoms with Gasteiger partial charge in [-0.3, -0.25) is 10.1 Å². The van der Waals surface area contributed by atoms with Gasteiger partial charge < -0.3 is 10.1 Å². The van der Waals surface area contributed by atoms with Crippen LogP contribution in [0.25, 0.3) is 11.1 Å². The highest BCUT2D eigenvalue weighted by molar-refractivity contribution is 6.33. The van der Waals surface area contributed by atoms with Crippen molar-refractivity contribution in [2.45, 2.75) is 39.0 Å². The zero-order chi connectivity index (χ0) is 18.9. The minimum atomic E-state index is -0.414. The first-order valence-electron chi connectivity index (χ1n) is 8.79. The molecule has 140 valence electrons. The van der Waals surface area contributed by atoms with Gasteiger partial charge in [0.1, 0.15) is 5.75 Å². The summed E-state index contributed by atoms with van der Waals surface area (Å²) in [5.41, 5.74) is 0.951. The van der Waals surface area contributed by atoms with Crippen LogP contribution in [-0.4, -0.2) is 23.6 Å². The van der Waals surface area contributed by atoms with Crippen molar-refractivity contribution in [3.05, 3.63) is 45.6 Å². The van der Waals surface area contributed by atoms with Crippen LogP contribution < -0.4 is 10.1 Å². The van der Waals surface area contributed by atoms with Crippen molar-refractivity contribution >= 4 is 23.1 Å². The van der Waals surface area contributed by atoms with Crippen LogP contribution >= 0.6 is 11.6 Å². The first-order chi connectivity index (χ1) is 12.6. The van der Waals surface area contributed by atoms with E-state index in [1.165, 1.54) is 19.3 Å². The summed E-state index contributed by atoms with van der Waals surface area (Å²) in [5, 5.41) is 15.2. The van der Waals surface area contributed by atoms with Gasteiger partial charge in [-0.25, -0.2) is 4.98 Å². The van der Waals surface area contributed by atoms with Crippen molar-refractivity contribution in [2.75, 3.05) is 19.0 Å². The van der Waals surface area contributed by atoms with E-state index < -0.39 is 4.92 Å². The third-order valence-electron chi connectivity index (χ3n) is 4.15. The van der Waals surface area contributed by atoms with Crippen LogP contribution in [0.5, 0.6) is 5.75 Å². The molecule has 0 unspecified atom stereocenters. The summed E-state index contributed by atoms with van der Waals surface area (Å²) in [4.78, 5) is 15.4. The molecule has 0 atom stereocenters. The summed E-state index contributed by atoms with van der Waals surface area (Å²) >= 11 is 6.30. The van der Waals surface area contributed by atoms with E-state index in [0.29, 0.717) is 28.4 Å². The van der Waals surface area contributed by atoms with Gasteiger partial charge in [0.15, 0.2) is 0 Å². The lowest BCUT2D eigenvalue weighted by Gasteiger charge is -2.11. The van der Waals surface area contributed by atoms with Crippen LogP contribution in [0, 0.1) is 10.1 Å². The summed E-state index contributed by atoms with van der Waals surface area (Å²) in [7, 11) is 1.54. The third-order valence-corrected chi connectivity index (χ3v) is 4.46. The van der Waals surface area contributed by atoms with Crippen LogP contribution in [0.4, 0.5) is 11.5 Å². The Balaban J connectivity index is 2.24. The molecular weight excluding hydrogens is 354 g/mol. The molecule has 2 aromatic rings. The number of nitro groups is 1. The maximum Gasteiger partial charge on any atom is 0.319 e. The number of rotatable bonds is 10. The van der Waals surface area contributed by atoms with E-state index in [0.717, 1.165) is 12.8 Å². The Kier molecular flexibility index (Phi) is 7.66. The highest BCUT2D eigenvalue weighted by Gasteiger charge is 2.23. The summed E-state index contributed by atoms with van der Waals surface area (Å²) in [6, 6.07) is 6.70. The second-order valence-corrected chi connectivity index (χ2v) is 6.41. The maximum atomic E-state index is 11.7. The van der Waals surface area contributed by atoms with Gasteiger partial charge in [-0.1, -0.05) is 44.2 Å². The fraction of sp³-hybridized carbons (Fsp3) is 0.421. The number of nitrogens with one attached hydrogen (secondary N) is 1. The van der Waals surface area contributed by atoms with Gasteiger partial charge in [0, 0.05) is 18.3 Å². The molecule has 6 nitrogen and oxygen atoms in total. The quantitative estimate of drug-likeness (QED) is 0.326. The minimum absolute atomic E-state index is 0.0619. The Morgan fingerprint density at radius 3 is 2.62 bits per heavy atom. The van der Waals surface area contributed by atoms with Crippen molar-refractivity contribution in [3.8, 4) is 16.9 Å². The molecule has 0 aliphatic rings. The zero-order valence-corrected chi connectivity index (χ0v) is 15.9. The Morgan fingerprint density at radius 2 is 1.96 bits per heavy atom. The third kappa shape index (κ3) is 5.08. The Bertz CT molecular complexity index is 753. The van der Waals surface area contributed by atoms with Crippen LogP contribution in [0.3, 0.4) is 0 Å². The second kappa shape index (κ2) is 9.97. The van der Waals surface area contributed by atoms with Crippen LogP contribution in [0.15, 0.2) is 30.5 Å². The Morgan fingerprint density at radius 1 is 1.19 bits per heavy atom. The van der Waals surface area contributed by atoms with E-state index in [-0.39, 0.29) is 11.5 Å². The largest absolute Gasteiger partial charge is 0.497 e. The SMILES string of the molecule is CCCCCCCNc1nccc(-c2ccc(OC)cc2Cl)c1[N+](=O)[O-]. The first-order valence-corrected chi connectivity index (χ1v) is 9.17. The lowest BCUT2D eigenvalue weighted by Crippen LogP contribution is -2.07. The molecule has 7 heteroatoms. The normalized spacial score (nSPS) is 10.6. The first kappa shape index (κ1) is 20.0. The highest BCUT2D eigenvalue weighted by Crippen LogP contribution is 2.39. The number of halogens is 1. The number of hydrogen-bond acceptors (Lipinski definition) is 5. The van der Waals surface area contributed by atoms with E-state index in [4.69, 9.17) is 16.3 Å². The molecule has 0 saturated carbocycles. The molecule has 0 saturated heterocycles. The van der Waals surface area contributed by atoms with Crippen LogP contribution in [0.1, 0.15) is 39.0 Å². The molecule has 0 aliphatic carbocycles. The van der Waals surface area contributed by atoms with Crippen molar-refractivity contribution < 1.29 is 9.66 Å². The smallest absolute Gasteiger partial charge is 0.319 e. The highest BCUT2D eigenvalue weighted by atomic mass is 35.5. The van der Waals surface area contributed by atoms with Gasteiger partial charge in [0.25, 0.3) is 0 Å². The van der Waals surface area contributed by atoms with E-state index in [9.17, 15) is 10.1 Å². The summed E-state index contributed by atoms with van der Waals surface area (Å²) in [5.74, 6) is 0.871. The lowest BCUT2D eigenvalue weighted by atomic mass is 10.0. The lowest BCUT2D eigenvalue weighted by molar-refractivity contribution is -0.383. The maximum absolute atomic E-state index is 11.7. The summed E-state index contributed by atoms with van der Waals surface area (Å²) < 4.78 is 5.14. The fourth-order valence-corrected chi connectivity index (χ4v) is 3.03. The van der Waals surface area contributed by atoms with E-state index in [2.05, 4.69) is 17.2 Å². The number of nitrogens with zero attached hydrogens (tertiary/aromatic N) is 2. The molecule has 1 heterocycles. The second-order valence-electron chi connectivity index (χ2n) is 6.00. The van der Waals surface area contributed by atoms with Crippen molar-refractivity contribution in [1.82, 2.24) is 4.98 Å². The number of pyridine rings is 1. The number of methoxy groups -OCH3 is 1. The standard InChI is InChI=1S/C19H24ClN3O3/c1-3-4-5-6-7-11-21-19-18(23(24)25)16(10-12-22-19)15-9-8-14(26-2)13-17(15)20/h8-10,12-13H,3-7,11H2,1-2H3,(H,21,22). The number of hydrogen-bond donors (Lipinski definition) is 1. The van der Waals surface area contributed by atoms with Gasteiger partial charge in [0.05, 0.1) is 22.6 Å². The van der Waals surface area contributed by atoms with Gasteiger partial charge in [-0.15, -0.1) is 0 Å². The van der Waals surface area contributed by atoms with Gasteiger partial charge in [0.2, 0.25) is 5.82 Å². The predicted molar refractivity (Wildman–Crippen MR) is 105 cm³/mol.